The van der Waals surface area contributed by atoms with E-state index in [2.05, 4.69) is 25.9 Å². The van der Waals surface area contributed by atoms with Gasteiger partial charge in [-0.2, -0.15) is 8.42 Å². The third kappa shape index (κ3) is 3.47. The molecular weight excluding hydrogens is 291 g/mol. The number of rotatable bonds is 3. The zero-order valence-electron chi connectivity index (χ0n) is 7.68. The average Bonchev–Trinajstić information content (AvgIpc) is 2.05. The van der Waals surface area contributed by atoms with Gasteiger partial charge < -0.3 is 0 Å². The molecule has 0 aliphatic heterocycles. The minimum atomic E-state index is -4.29. The summed E-state index contributed by atoms with van der Waals surface area (Å²) in [7, 11) is -4.29. The number of alkyl halides is 1. The molecule has 0 aromatic carbocycles. The predicted molar refractivity (Wildman–Crippen MR) is 54.6 cm³/mol. The van der Waals surface area contributed by atoms with Crippen LogP contribution < -0.4 is 0 Å². The minimum absolute atomic E-state index is 0.0589. The number of aromatic nitrogens is 2. The van der Waals surface area contributed by atoms with Crippen LogP contribution in [0.15, 0.2) is 6.33 Å². The van der Waals surface area contributed by atoms with Crippen molar-refractivity contribution >= 4 is 26.0 Å². The van der Waals surface area contributed by atoms with Gasteiger partial charge in [0.1, 0.15) is 12.1 Å². The molecule has 84 valence electrons. The normalized spacial score (nSPS) is 13.9. The molecule has 1 aromatic heterocycles. The summed E-state index contributed by atoms with van der Waals surface area (Å²) in [6.07, 6.45) is 1.05. The summed E-state index contributed by atoms with van der Waals surface area (Å²) in [5.41, 5.74) is -0.280. The van der Waals surface area contributed by atoms with Crippen molar-refractivity contribution in [2.75, 3.05) is 0 Å². The number of halogens is 2. The molecule has 0 amide bonds. The molecule has 8 heteroatoms. The van der Waals surface area contributed by atoms with Crippen LogP contribution in [0.2, 0.25) is 0 Å². The van der Waals surface area contributed by atoms with Crippen LogP contribution in [0.1, 0.15) is 23.1 Å². The maximum absolute atomic E-state index is 13.5. The summed E-state index contributed by atoms with van der Waals surface area (Å²) in [6.45, 7) is 1.64. The fourth-order valence-corrected chi connectivity index (χ4v) is 1.84. The lowest BCUT2D eigenvalue weighted by Gasteiger charge is -2.06. The van der Waals surface area contributed by atoms with E-state index in [1.165, 1.54) is 0 Å². The molecule has 0 aliphatic carbocycles. The molecule has 0 spiro atoms. The quantitative estimate of drug-likeness (QED) is 0.675. The Morgan fingerprint density at radius 1 is 1.60 bits per heavy atom. The maximum Gasteiger partial charge on any atom is 0.270 e. The van der Waals surface area contributed by atoms with Crippen LogP contribution in [0.5, 0.6) is 0 Å². The molecule has 0 fully saturated rings. The second-order valence-corrected chi connectivity index (χ2v) is 5.69. The van der Waals surface area contributed by atoms with Crippen LogP contribution in [0.25, 0.3) is 0 Å². The molecule has 1 heterocycles. The Morgan fingerprint density at radius 2 is 2.20 bits per heavy atom. The van der Waals surface area contributed by atoms with Crippen LogP contribution in [-0.2, 0) is 15.9 Å². The number of nitrogens with zero attached hydrogens (tertiary/aromatic N) is 2. The Labute approximate surface area is 94.6 Å². The van der Waals surface area contributed by atoms with Gasteiger partial charge >= 0.3 is 0 Å². The van der Waals surface area contributed by atoms with E-state index in [1.807, 2.05) is 0 Å². The SMILES string of the molecule is CC(Br)c1ncnc(CS(=O)(=O)O)c1F. The molecule has 1 aromatic rings. The summed E-state index contributed by atoms with van der Waals surface area (Å²) >= 11 is 3.10. The molecule has 1 N–H and O–H groups in total. The third-order valence-electron chi connectivity index (χ3n) is 1.58. The van der Waals surface area contributed by atoms with Gasteiger partial charge in [-0.1, -0.05) is 15.9 Å². The van der Waals surface area contributed by atoms with E-state index in [9.17, 15) is 12.8 Å². The fourth-order valence-electron chi connectivity index (χ4n) is 0.973. The minimum Gasteiger partial charge on any atom is -0.285 e. The van der Waals surface area contributed by atoms with Gasteiger partial charge in [0.15, 0.2) is 5.82 Å². The Bertz CT molecular complexity index is 463. The van der Waals surface area contributed by atoms with Gasteiger partial charge in [0, 0.05) is 0 Å². The Kier molecular flexibility index (Phi) is 3.74. The van der Waals surface area contributed by atoms with Gasteiger partial charge in [-0.3, -0.25) is 4.55 Å². The maximum atomic E-state index is 13.5. The highest BCUT2D eigenvalue weighted by molar-refractivity contribution is 9.09. The van der Waals surface area contributed by atoms with E-state index in [4.69, 9.17) is 4.55 Å². The molecule has 1 atom stereocenters. The third-order valence-corrected chi connectivity index (χ3v) is 2.66. The molecule has 1 unspecified atom stereocenters. The van der Waals surface area contributed by atoms with Gasteiger partial charge in [0.2, 0.25) is 0 Å². The van der Waals surface area contributed by atoms with Crippen molar-refractivity contribution in [1.82, 2.24) is 9.97 Å². The van der Waals surface area contributed by atoms with Crippen molar-refractivity contribution in [1.29, 1.82) is 0 Å². The van der Waals surface area contributed by atoms with E-state index in [1.54, 1.807) is 6.92 Å². The molecule has 0 bridgehead atoms. The van der Waals surface area contributed by atoms with E-state index in [0.29, 0.717) is 0 Å². The lowest BCUT2D eigenvalue weighted by Crippen LogP contribution is -2.09. The summed E-state index contributed by atoms with van der Waals surface area (Å²) in [5.74, 6) is -1.67. The van der Waals surface area contributed by atoms with Gasteiger partial charge in [0.05, 0.1) is 16.2 Å². The molecule has 1 rings (SSSR count). The molecule has 0 saturated heterocycles. The summed E-state index contributed by atoms with van der Waals surface area (Å²) in [4.78, 5) is 6.76. The average molecular weight is 299 g/mol. The lowest BCUT2D eigenvalue weighted by atomic mass is 10.2. The van der Waals surface area contributed by atoms with Crippen molar-refractivity contribution in [3.8, 4) is 0 Å². The molecule has 0 radical (unpaired) electrons. The second-order valence-electron chi connectivity index (χ2n) is 2.86. The highest BCUT2D eigenvalue weighted by Gasteiger charge is 2.18. The summed E-state index contributed by atoms with van der Waals surface area (Å²) in [6, 6.07) is 0. The van der Waals surface area contributed by atoms with E-state index >= 15 is 0 Å². The fraction of sp³-hybridized carbons (Fsp3) is 0.429. The van der Waals surface area contributed by atoms with E-state index < -0.39 is 21.7 Å². The summed E-state index contributed by atoms with van der Waals surface area (Å²) in [5, 5.41) is 0. The monoisotopic (exact) mass is 298 g/mol. The van der Waals surface area contributed by atoms with Crippen LogP contribution in [0.3, 0.4) is 0 Å². The highest BCUT2D eigenvalue weighted by Crippen LogP contribution is 2.23. The van der Waals surface area contributed by atoms with Crippen LogP contribution in [0, 0.1) is 5.82 Å². The molecule has 0 saturated carbocycles. The molecule has 5 nitrogen and oxygen atoms in total. The topological polar surface area (TPSA) is 80.2 Å². The number of hydrogen-bond acceptors (Lipinski definition) is 4. The van der Waals surface area contributed by atoms with Crippen LogP contribution in [0.4, 0.5) is 4.39 Å². The zero-order valence-corrected chi connectivity index (χ0v) is 10.1. The van der Waals surface area contributed by atoms with E-state index in [0.717, 1.165) is 6.33 Å². The molecular formula is C7H8BrFN2O3S. The number of hydrogen-bond donors (Lipinski definition) is 1. The Morgan fingerprint density at radius 3 is 2.67 bits per heavy atom. The van der Waals surface area contributed by atoms with Crippen molar-refractivity contribution in [3.63, 3.8) is 0 Å². The zero-order chi connectivity index (χ0) is 11.6. The Balaban J connectivity index is 3.16. The van der Waals surface area contributed by atoms with Crippen molar-refractivity contribution in [2.45, 2.75) is 17.5 Å². The second kappa shape index (κ2) is 4.50. The van der Waals surface area contributed by atoms with Crippen molar-refractivity contribution < 1.29 is 17.4 Å². The smallest absolute Gasteiger partial charge is 0.270 e. The van der Waals surface area contributed by atoms with Crippen molar-refractivity contribution in [2.24, 2.45) is 0 Å². The predicted octanol–water partition coefficient (Wildman–Crippen LogP) is 1.46. The van der Waals surface area contributed by atoms with E-state index in [-0.39, 0.29) is 16.2 Å². The first-order chi connectivity index (χ1) is 6.81. The highest BCUT2D eigenvalue weighted by atomic mass is 79.9. The van der Waals surface area contributed by atoms with Gasteiger partial charge in [-0.15, -0.1) is 0 Å². The van der Waals surface area contributed by atoms with Gasteiger partial charge in [0.25, 0.3) is 10.1 Å². The van der Waals surface area contributed by atoms with Gasteiger partial charge in [-0.05, 0) is 6.92 Å². The Hall–Kier alpha value is -0.600. The molecule has 15 heavy (non-hydrogen) atoms. The lowest BCUT2D eigenvalue weighted by molar-refractivity contribution is 0.478. The standard InChI is InChI=1S/C7H8BrFN2O3S/c1-4(8)7-6(9)5(10-3-11-7)2-15(12,13)14/h3-4H,2H2,1H3,(H,12,13,14). The first-order valence-corrected chi connectivity index (χ1v) is 6.42. The first-order valence-electron chi connectivity index (χ1n) is 3.89. The van der Waals surface area contributed by atoms with Gasteiger partial charge in [-0.25, -0.2) is 14.4 Å². The van der Waals surface area contributed by atoms with Crippen LogP contribution in [-0.4, -0.2) is 22.9 Å². The largest absolute Gasteiger partial charge is 0.285 e. The first kappa shape index (κ1) is 12.5. The van der Waals surface area contributed by atoms with Crippen molar-refractivity contribution in [3.05, 3.63) is 23.5 Å². The summed E-state index contributed by atoms with van der Waals surface area (Å²) < 4.78 is 43.2. The molecule has 0 aliphatic rings. The van der Waals surface area contributed by atoms with Crippen LogP contribution >= 0.6 is 15.9 Å².